The molecule has 0 radical (unpaired) electrons. The molecular weight excluding hydrogens is 224 g/mol. The quantitative estimate of drug-likeness (QED) is 0.840. The minimum absolute atomic E-state index is 0.116. The molecule has 0 amide bonds. The van der Waals surface area contributed by atoms with Crippen molar-refractivity contribution in [3.05, 3.63) is 30.1 Å². The van der Waals surface area contributed by atoms with Crippen LogP contribution in [0.3, 0.4) is 0 Å². The van der Waals surface area contributed by atoms with Crippen LogP contribution in [0.1, 0.15) is 44.2 Å². The average Bonchev–Trinajstić information content (AvgIpc) is 2.41. The molecule has 1 unspecified atom stereocenters. The Kier molecular flexibility index (Phi) is 5.14. The Labute approximate surface area is 109 Å². The van der Waals surface area contributed by atoms with Crippen LogP contribution in [0, 0.1) is 5.92 Å². The monoisotopic (exact) mass is 248 g/mol. The second-order valence-corrected chi connectivity index (χ2v) is 5.50. The fraction of sp³-hybridized carbons (Fsp3) is 0.667. The Morgan fingerprint density at radius 1 is 1.28 bits per heavy atom. The van der Waals surface area contributed by atoms with E-state index in [4.69, 9.17) is 5.73 Å². The zero-order valence-corrected chi connectivity index (χ0v) is 11.0. The molecule has 3 nitrogen and oxygen atoms in total. The maximum Gasteiger partial charge on any atom is 0.0746 e. The van der Waals surface area contributed by atoms with Gasteiger partial charge in [-0.05, 0) is 24.5 Å². The molecule has 2 atom stereocenters. The van der Waals surface area contributed by atoms with Crippen LogP contribution < -0.4 is 5.73 Å². The number of hydrogen-bond donors (Lipinski definition) is 2. The van der Waals surface area contributed by atoms with Crippen LogP contribution in [0.4, 0.5) is 0 Å². The smallest absolute Gasteiger partial charge is 0.0746 e. The van der Waals surface area contributed by atoms with Gasteiger partial charge in [-0.2, -0.15) is 0 Å². The van der Waals surface area contributed by atoms with E-state index in [1.54, 1.807) is 6.20 Å². The highest BCUT2D eigenvalue weighted by Gasteiger charge is 2.21. The molecule has 3 heteroatoms. The lowest BCUT2D eigenvalue weighted by Crippen LogP contribution is -2.38. The standard InChI is InChI=1S/C15H24N2O/c16-14(10-12-6-2-1-3-7-12)15(18)11-13-8-4-5-9-17-13/h4-5,8-9,12,14-15,18H,1-3,6-7,10-11,16H2/t14-,15?/m0/s1. The number of rotatable bonds is 5. The maximum absolute atomic E-state index is 10.1. The minimum atomic E-state index is -0.471. The Morgan fingerprint density at radius 3 is 2.72 bits per heavy atom. The summed E-state index contributed by atoms with van der Waals surface area (Å²) in [6.07, 6.45) is 9.39. The third-order valence-electron chi connectivity index (χ3n) is 3.97. The molecule has 1 saturated carbocycles. The molecule has 0 bridgehead atoms. The Bertz CT molecular complexity index is 336. The van der Waals surface area contributed by atoms with E-state index in [0.717, 1.165) is 12.1 Å². The molecule has 3 N–H and O–H groups in total. The van der Waals surface area contributed by atoms with E-state index in [-0.39, 0.29) is 6.04 Å². The van der Waals surface area contributed by atoms with Crippen molar-refractivity contribution in [2.45, 2.75) is 57.1 Å². The fourth-order valence-electron chi connectivity index (χ4n) is 2.85. The number of nitrogens with two attached hydrogens (primary N) is 1. The van der Waals surface area contributed by atoms with Gasteiger partial charge >= 0.3 is 0 Å². The normalized spacial score (nSPS) is 20.6. The first-order valence-corrected chi connectivity index (χ1v) is 7.09. The van der Waals surface area contributed by atoms with E-state index < -0.39 is 6.10 Å². The highest BCUT2D eigenvalue weighted by molar-refractivity contribution is 5.05. The summed E-state index contributed by atoms with van der Waals surface area (Å²) < 4.78 is 0. The third kappa shape index (κ3) is 4.07. The number of hydrogen-bond acceptors (Lipinski definition) is 3. The maximum atomic E-state index is 10.1. The fourth-order valence-corrected chi connectivity index (χ4v) is 2.85. The first-order chi connectivity index (χ1) is 8.75. The van der Waals surface area contributed by atoms with Crippen molar-refractivity contribution in [1.29, 1.82) is 0 Å². The summed E-state index contributed by atoms with van der Waals surface area (Å²) in [5.41, 5.74) is 7.04. The molecule has 1 heterocycles. The second-order valence-electron chi connectivity index (χ2n) is 5.50. The van der Waals surface area contributed by atoms with Crippen molar-refractivity contribution in [3.8, 4) is 0 Å². The minimum Gasteiger partial charge on any atom is -0.391 e. The number of aliphatic hydroxyl groups is 1. The van der Waals surface area contributed by atoms with Crippen molar-refractivity contribution in [2.75, 3.05) is 0 Å². The molecule has 1 aliphatic rings. The van der Waals surface area contributed by atoms with E-state index in [2.05, 4.69) is 4.98 Å². The summed E-state index contributed by atoms with van der Waals surface area (Å²) in [5.74, 6) is 0.715. The van der Waals surface area contributed by atoms with E-state index >= 15 is 0 Å². The summed E-state index contributed by atoms with van der Waals surface area (Å²) in [6.45, 7) is 0. The topological polar surface area (TPSA) is 59.1 Å². The van der Waals surface area contributed by atoms with Gasteiger partial charge in [-0.25, -0.2) is 0 Å². The van der Waals surface area contributed by atoms with E-state index in [1.807, 2.05) is 18.2 Å². The molecule has 1 aliphatic carbocycles. The number of pyridine rings is 1. The first-order valence-electron chi connectivity index (χ1n) is 7.09. The second kappa shape index (κ2) is 6.86. The number of aliphatic hydroxyl groups excluding tert-OH is 1. The summed E-state index contributed by atoms with van der Waals surface area (Å²) in [5, 5.41) is 10.1. The zero-order chi connectivity index (χ0) is 12.8. The van der Waals surface area contributed by atoms with E-state index in [9.17, 15) is 5.11 Å². The molecule has 0 saturated heterocycles. The molecule has 0 aliphatic heterocycles. The molecule has 2 rings (SSSR count). The average molecular weight is 248 g/mol. The Balaban J connectivity index is 1.79. The van der Waals surface area contributed by atoms with Gasteiger partial charge in [-0.3, -0.25) is 4.98 Å². The van der Waals surface area contributed by atoms with Crippen molar-refractivity contribution < 1.29 is 5.11 Å². The third-order valence-corrected chi connectivity index (χ3v) is 3.97. The van der Waals surface area contributed by atoms with Crippen LogP contribution in [-0.4, -0.2) is 22.2 Å². The van der Waals surface area contributed by atoms with Crippen molar-refractivity contribution in [3.63, 3.8) is 0 Å². The molecule has 1 fully saturated rings. The molecule has 18 heavy (non-hydrogen) atoms. The van der Waals surface area contributed by atoms with Gasteiger partial charge in [0, 0.05) is 24.4 Å². The summed E-state index contributed by atoms with van der Waals surface area (Å²) >= 11 is 0. The van der Waals surface area contributed by atoms with Crippen LogP contribution >= 0.6 is 0 Å². The van der Waals surface area contributed by atoms with Crippen LogP contribution in [0.5, 0.6) is 0 Å². The zero-order valence-electron chi connectivity index (χ0n) is 11.0. The highest BCUT2D eigenvalue weighted by atomic mass is 16.3. The molecule has 1 aromatic rings. The SMILES string of the molecule is N[C@@H](CC1CCCCC1)C(O)Cc1ccccn1. The van der Waals surface area contributed by atoms with Crippen molar-refractivity contribution in [1.82, 2.24) is 4.98 Å². The lowest BCUT2D eigenvalue weighted by molar-refractivity contribution is 0.126. The lowest BCUT2D eigenvalue weighted by Gasteiger charge is -2.27. The Hall–Kier alpha value is -0.930. The summed E-state index contributed by atoms with van der Waals surface area (Å²) in [4.78, 5) is 4.23. The molecule has 0 spiro atoms. The number of aromatic nitrogens is 1. The van der Waals surface area contributed by atoms with Gasteiger partial charge in [-0.1, -0.05) is 38.2 Å². The van der Waals surface area contributed by atoms with Gasteiger partial charge in [0.15, 0.2) is 0 Å². The molecule has 100 valence electrons. The molecular formula is C15H24N2O. The van der Waals surface area contributed by atoms with Gasteiger partial charge in [-0.15, -0.1) is 0 Å². The van der Waals surface area contributed by atoms with Crippen molar-refractivity contribution >= 4 is 0 Å². The van der Waals surface area contributed by atoms with Gasteiger partial charge in [0.1, 0.15) is 0 Å². The van der Waals surface area contributed by atoms with Gasteiger partial charge in [0.2, 0.25) is 0 Å². The summed E-state index contributed by atoms with van der Waals surface area (Å²) in [6, 6.07) is 5.66. The van der Waals surface area contributed by atoms with E-state index in [0.29, 0.717) is 12.3 Å². The van der Waals surface area contributed by atoms with Crippen LogP contribution in [0.25, 0.3) is 0 Å². The first kappa shape index (κ1) is 13.5. The van der Waals surface area contributed by atoms with Gasteiger partial charge in [0.25, 0.3) is 0 Å². The molecule has 0 aromatic carbocycles. The Morgan fingerprint density at radius 2 is 2.06 bits per heavy atom. The number of nitrogens with zero attached hydrogens (tertiary/aromatic N) is 1. The van der Waals surface area contributed by atoms with Crippen LogP contribution in [0.2, 0.25) is 0 Å². The van der Waals surface area contributed by atoms with Gasteiger partial charge in [0.05, 0.1) is 6.10 Å². The lowest BCUT2D eigenvalue weighted by atomic mass is 9.83. The van der Waals surface area contributed by atoms with E-state index in [1.165, 1.54) is 32.1 Å². The predicted molar refractivity (Wildman–Crippen MR) is 73.1 cm³/mol. The van der Waals surface area contributed by atoms with Crippen LogP contribution in [0.15, 0.2) is 24.4 Å². The largest absolute Gasteiger partial charge is 0.391 e. The van der Waals surface area contributed by atoms with Gasteiger partial charge < -0.3 is 10.8 Å². The van der Waals surface area contributed by atoms with Crippen molar-refractivity contribution in [2.24, 2.45) is 11.7 Å². The molecule has 1 aromatic heterocycles. The highest BCUT2D eigenvalue weighted by Crippen LogP contribution is 2.27. The van der Waals surface area contributed by atoms with Crippen LogP contribution in [-0.2, 0) is 6.42 Å². The summed E-state index contributed by atoms with van der Waals surface area (Å²) in [7, 11) is 0. The predicted octanol–water partition coefficient (Wildman–Crippen LogP) is 2.28.